The number of rotatable bonds is 4. The molecule has 122 valence electrons. The number of imidazole rings is 1. The fourth-order valence-corrected chi connectivity index (χ4v) is 3.07. The molecule has 23 heavy (non-hydrogen) atoms. The van der Waals surface area contributed by atoms with Gasteiger partial charge in [0.1, 0.15) is 5.82 Å². The van der Waals surface area contributed by atoms with Crippen LogP contribution < -0.4 is 0 Å². The minimum atomic E-state index is -0.463. The van der Waals surface area contributed by atoms with Crippen molar-refractivity contribution in [3.05, 3.63) is 53.9 Å². The highest BCUT2D eigenvalue weighted by molar-refractivity contribution is 5.78. The Morgan fingerprint density at radius 2 is 2.35 bits per heavy atom. The van der Waals surface area contributed by atoms with Crippen LogP contribution in [0, 0.1) is 11.7 Å². The molecule has 1 aliphatic heterocycles. The van der Waals surface area contributed by atoms with Crippen LogP contribution in [-0.4, -0.2) is 45.1 Å². The third-order valence-electron chi connectivity index (χ3n) is 4.33. The highest BCUT2D eigenvalue weighted by Crippen LogP contribution is 2.22. The van der Waals surface area contributed by atoms with Gasteiger partial charge in [0, 0.05) is 30.9 Å². The van der Waals surface area contributed by atoms with Gasteiger partial charge in [0.05, 0.1) is 18.9 Å². The van der Waals surface area contributed by atoms with Gasteiger partial charge < -0.3 is 15.0 Å². The third-order valence-corrected chi connectivity index (χ3v) is 4.33. The number of hydrogen-bond donors (Lipinski definition) is 2. The quantitative estimate of drug-likeness (QED) is 0.899. The number of benzene rings is 1. The lowest BCUT2D eigenvalue weighted by atomic mass is 9.88. The zero-order valence-electron chi connectivity index (χ0n) is 12.8. The van der Waals surface area contributed by atoms with Crippen molar-refractivity contribution >= 4 is 5.91 Å². The molecule has 1 aromatic heterocycles. The molecule has 0 bridgehead atoms. The van der Waals surface area contributed by atoms with E-state index in [1.165, 1.54) is 12.1 Å². The number of nitrogens with one attached hydrogen (secondary N) is 1. The lowest BCUT2D eigenvalue weighted by Crippen LogP contribution is -2.47. The average molecular weight is 317 g/mol. The van der Waals surface area contributed by atoms with Gasteiger partial charge in [-0.1, -0.05) is 12.1 Å². The predicted octanol–water partition coefficient (Wildman–Crippen LogP) is 1.54. The van der Waals surface area contributed by atoms with Crippen LogP contribution in [0.2, 0.25) is 0 Å². The number of H-pyrrole nitrogens is 1. The Labute approximate surface area is 134 Å². The molecule has 1 saturated heterocycles. The van der Waals surface area contributed by atoms with Gasteiger partial charge in [0.25, 0.3) is 0 Å². The lowest BCUT2D eigenvalue weighted by molar-refractivity contribution is -0.134. The molecule has 3 rings (SSSR count). The smallest absolute Gasteiger partial charge is 0.228 e. The Bertz CT molecular complexity index is 660. The van der Waals surface area contributed by atoms with Crippen LogP contribution >= 0.6 is 0 Å². The van der Waals surface area contributed by atoms with Crippen molar-refractivity contribution in [2.75, 3.05) is 13.1 Å². The van der Waals surface area contributed by atoms with E-state index < -0.39 is 6.10 Å². The van der Waals surface area contributed by atoms with E-state index in [-0.39, 0.29) is 24.1 Å². The topological polar surface area (TPSA) is 69.2 Å². The highest BCUT2D eigenvalue weighted by Gasteiger charge is 2.30. The number of carbonyl (C=O) groups is 1. The van der Waals surface area contributed by atoms with Crippen LogP contribution in [0.15, 0.2) is 36.8 Å². The SMILES string of the molecule is O=C(Cc1cnc[nH]1)N1CC[C@H](O)[C@H](Cc2cccc(F)c2)C1. The number of aliphatic hydroxyl groups excluding tert-OH is 1. The van der Waals surface area contributed by atoms with Gasteiger partial charge in [0.2, 0.25) is 5.91 Å². The van der Waals surface area contributed by atoms with Crippen LogP contribution in [0.1, 0.15) is 17.7 Å². The Morgan fingerprint density at radius 1 is 1.48 bits per heavy atom. The molecule has 2 heterocycles. The summed E-state index contributed by atoms with van der Waals surface area (Å²) in [6, 6.07) is 6.40. The summed E-state index contributed by atoms with van der Waals surface area (Å²) in [6.07, 6.45) is 4.12. The fraction of sp³-hybridized carbons (Fsp3) is 0.412. The average Bonchev–Trinajstić information content (AvgIpc) is 3.02. The van der Waals surface area contributed by atoms with E-state index >= 15 is 0 Å². The summed E-state index contributed by atoms with van der Waals surface area (Å²) < 4.78 is 13.3. The van der Waals surface area contributed by atoms with E-state index in [4.69, 9.17) is 0 Å². The number of nitrogens with zero attached hydrogens (tertiary/aromatic N) is 2. The monoisotopic (exact) mass is 317 g/mol. The summed E-state index contributed by atoms with van der Waals surface area (Å²) in [4.78, 5) is 21.0. The van der Waals surface area contributed by atoms with Crippen LogP contribution in [-0.2, 0) is 17.6 Å². The van der Waals surface area contributed by atoms with Crippen molar-refractivity contribution in [3.8, 4) is 0 Å². The first kappa shape index (κ1) is 15.7. The van der Waals surface area contributed by atoms with Crippen molar-refractivity contribution in [2.24, 2.45) is 5.92 Å². The summed E-state index contributed by atoms with van der Waals surface area (Å²) in [5.74, 6) is -0.332. The number of likely N-dealkylation sites (tertiary alicyclic amines) is 1. The van der Waals surface area contributed by atoms with Crippen molar-refractivity contribution < 1.29 is 14.3 Å². The molecule has 2 atom stereocenters. The maximum absolute atomic E-state index is 13.3. The molecule has 0 saturated carbocycles. The number of carbonyl (C=O) groups excluding carboxylic acids is 1. The second-order valence-electron chi connectivity index (χ2n) is 6.04. The Kier molecular flexibility index (Phi) is 4.71. The number of halogens is 1. The number of aromatic nitrogens is 2. The molecule has 2 aromatic rings. The summed E-state index contributed by atoms with van der Waals surface area (Å²) in [5.41, 5.74) is 1.62. The van der Waals surface area contributed by atoms with E-state index in [0.29, 0.717) is 25.9 Å². The van der Waals surface area contributed by atoms with Gasteiger partial charge in [-0.05, 0) is 30.5 Å². The van der Waals surface area contributed by atoms with Gasteiger partial charge in [0.15, 0.2) is 0 Å². The van der Waals surface area contributed by atoms with E-state index in [1.807, 2.05) is 6.07 Å². The number of aliphatic hydroxyl groups is 1. The molecule has 0 radical (unpaired) electrons. The summed E-state index contributed by atoms with van der Waals surface area (Å²) in [7, 11) is 0. The van der Waals surface area contributed by atoms with Gasteiger partial charge >= 0.3 is 0 Å². The van der Waals surface area contributed by atoms with Crippen molar-refractivity contribution in [1.82, 2.24) is 14.9 Å². The fourth-order valence-electron chi connectivity index (χ4n) is 3.07. The molecule has 0 aliphatic carbocycles. The Balaban J connectivity index is 1.63. The molecule has 1 fully saturated rings. The number of aromatic amines is 1. The van der Waals surface area contributed by atoms with Gasteiger partial charge in [-0.15, -0.1) is 0 Å². The number of piperidine rings is 1. The minimum Gasteiger partial charge on any atom is -0.393 e. The molecule has 1 aliphatic rings. The molecule has 1 amide bonds. The molecule has 1 aromatic carbocycles. The molecule has 0 unspecified atom stereocenters. The molecule has 5 nitrogen and oxygen atoms in total. The molecular weight excluding hydrogens is 297 g/mol. The summed E-state index contributed by atoms with van der Waals surface area (Å²) >= 11 is 0. The normalized spacial score (nSPS) is 21.4. The first-order valence-corrected chi connectivity index (χ1v) is 7.79. The zero-order valence-corrected chi connectivity index (χ0v) is 12.8. The van der Waals surface area contributed by atoms with Crippen LogP contribution in [0.25, 0.3) is 0 Å². The van der Waals surface area contributed by atoms with E-state index in [2.05, 4.69) is 9.97 Å². The minimum absolute atomic E-state index is 0.0189. The predicted molar refractivity (Wildman–Crippen MR) is 83.1 cm³/mol. The zero-order chi connectivity index (χ0) is 16.2. The standard InChI is InChI=1S/C17H20FN3O2/c18-14-3-1-2-12(7-14)6-13-10-21(5-4-16(13)22)17(23)8-15-9-19-11-20-15/h1-3,7,9,11,13,16,22H,4-6,8,10H2,(H,19,20)/t13-,16+/m1/s1. The third kappa shape index (κ3) is 3.96. The van der Waals surface area contributed by atoms with E-state index in [1.54, 1.807) is 23.5 Å². The van der Waals surface area contributed by atoms with Gasteiger partial charge in [-0.3, -0.25) is 4.79 Å². The van der Waals surface area contributed by atoms with Gasteiger partial charge in [-0.25, -0.2) is 9.37 Å². The second-order valence-corrected chi connectivity index (χ2v) is 6.04. The molecular formula is C17H20FN3O2. The Hall–Kier alpha value is -2.21. The Morgan fingerprint density at radius 3 is 3.09 bits per heavy atom. The largest absolute Gasteiger partial charge is 0.393 e. The molecule has 0 spiro atoms. The van der Waals surface area contributed by atoms with E-state index in [0.717, 1.165) is 11.3 Å². The highest BCUT2D eigenvalue weighted by atomic mass is 19.1. The lowest BCUT2D eigenvalue weighted by Gasteiger charge is -2.36. The number of amides is 1. The van der Waals surface area contributed by atoms with E-state index in [9.17, 15) is 14.3 Å². The van der Waals surface area contributed by atoms with Gasteiger partial charge in [-0.2, -0.15) is 0 Å². The number of hydrogen-bond acceptors (Lipinski definition) is 3. The van der Waals surface area contributed by atoms with Crippen LogP contribution in [0.5, 0.6) is 0 Å². The molecule has 6 heteroatoms. The van der Waals surface area contributed by atoms with Crippen LogP contribution in [0.3, 0.4) is 0 Å². The first-order chi connectivity index (χ1) is 11.1. The summed E-state index contributed by atoms with van der Waals surface area (Å²) in [5, 5.41) is 10.2. The summed E-state index contributed by atoms with van der Waals surface area (Å²) in [6.45, 7) is 1.04. The maximum atomic E-state index is 13.3. The van der Waals surface area contributed by atoms with Crippen molar-refractivity contribution in [3.63, 3.8) is 0 Å². The van der Waals surface area contributed by atoms with Crippen molar-refractivity contribution in [1.29, 1.82) is 0 Å². The second kappa shape index (κ2) is 6.91. The van der Waals surface area contributed by atoms with Crippen LogP contribution in [0.4, 0.5) is 4.39 Å². The van der Waals surface area contributed by atoms with Crippen molar-refractivity contribution in [2.45, 2.75) is 25.4 Å². The maximum Gasteiger partial charge on any atom is 0.228 e. The first-order valence-electron chi connectivity index (χ1n) is 7.79. The molecule has 2 N–H and O–H groups in total.